The molecule has 0 atom stereocenters. The number of pyridine rings is 1. The largest absolute Gasteiger partial charge is 0.260 e. The van der Waals surface area contributed by atoms with Gasteiger partial charge < -0.3 is 0 Å². The lowest BCUT2D eigenvalue weighted by Gasteiger charge is -2.28. The third-order valence-corrected chi connectivity index (χ3v) is 7.55. The van der Waals surface area contributed by atoms with Gasteiger partial charge in [-0.15, -0.1) is 0 Å². The summed E-state index contributed by atoms with van der Waals surface area (Å²) in [6.45, 7) is 4.57. The summed E-state index contributed by atoms with van der Waals surface area (Å²) in [7, 11) is 0. The molecule has 0 amide bonds. The molecule has 3 rings (SSSR count). The molecule has 1 aliphatic carbocycles. The predicted molar refractivity (Wildman–Crippen MR) is 140 cm³/mol. The van der Waals surface area contributed by atoms with Gasteiger partial charge in [0.1, 0.15) is 0 Å². The zero-order valence-electron chi connectivity index (χ0n) is 21.4. The van der Waals surface area contributed by atoms with E-state index in [4.69, 9.17) is 4.98 Å². The van der Waals surface area contributed by atoms with E-state index in [0.29, 0.717) is 5.92 Å². The van der Waals surface area contributed by atoms with Crippen LogP contribution in [0.1, 0.15) is 134 Å². The van der Waals surface area contributed by atoms with E-state index in [1.807, 2.05) is 18.6 Å². The van der Waals surface area contributed by atoms with Crippen molar-refractivity contribution in [2.75, 3.05) is 0 Å². The molecule has 2 aromatic heterocycles. The molecular formula is C30H47N3. The van der Waals surface area contributed by atoms with Crippen molar-refractivity contribution in [1.82, 2.24) is 15.0 Å². The van der Waals surface area contributed by atoms with Gasteiger partial charge in [-0.3, -0.25) is 4.98 Å². The maximum atomic E-state index is 4.82. The van der Waals surface area contributed by atoms with E-state index in [9.17, 15) is 0 Å². The lowest BCUT2D eigenvalue weighted by atomic mass is 9.78. The summed E-state index contributed by atoms with van der Waals surface area (Å²) in [6.07, 6.45) is 28.9. The Morgan fingerprint density at radius 2 is 1.30 bits per heavy atom. The van der Waals surface area contributed by atoms with Crippen LogP contribution >= 0.6 is 0 Å². The van der Waals surface area contributed by atoms with Gasteiger partial charge in [0.2, 0.25) is 0 Å². The number of unbranched alkanes of at least 4 members (excludes halogenated alkanes) is 9. The molecule has 1 aliphatic rings. The minimum absolute atomic E-state index is 0.636. The summed E-state index contributed by atoms with van der Waals surface area (Å²) in [5.74, 6) is 2.38. The summed E-state index contributed by atoms with van der Waals surface area (Å²) >= 11 is 0. The van der Waals surface area contributed by atoms with E-state index in [1.165, 1.54) is 114 Å². The van der Waals surface area contributed by atoms with Crippen LogP contribution in [0.3, 0.4) is 0 Å². The Hall–Kier alpha value is -1.77. The fourth-order valence-corrected chi connectivity index (χ4v) is 5.30. The maximum Gasteiger partial charge on any atom is 0.160 e. The third kappa shape index (κ3) is 9.18. The van der Waals surface area contributed by atoms with Crippen LogP contribution in [0.15, 0.2) is 30.7 Å². The second-order valence-electron chi connectivity index (χ2n) is 10.3. The number of aryl methyl sites for hydroxylation is 1. The number of nitrogens with zero attached hydrogens (tertiary/aromatic N) is 3. The molecule has 0 unspecified atom stereocenters. The molecule has 0 radical (unpaired) electrons. The molecule has 0 spiro atoms. The average Bonchev–Trinajstić information content (AvgIpc) is 2.87. The highest BCUT2D eigenvalue weighted by molar-refractivity contribution is 5.53. The molecule has 33 heavy (non-hydrogen) atoms. The van der Waals surface area contributed by atoms with Crippen molar-refractivity contribution >= 4 is 0 Å². The topological polar surface area (TPSA) is 38.7 Å². The second-order valence-corrected chi connectivity index (χ2v) is 10.3. The highest BCUT2D eigenvalue weighted by Gasteiger charge is 2.23. The van der Waals surface area contributed by atoms with E-state index in [2.05, 4.69) is 35.9 Å². The quantitative estimate of drug-likeness (QED) is 0.254. The first-order chi connectivity index (χ1) is 16.3. The summed E-state index contributed by atoms with van der Waals surface area (Å²) in [5.41, 5.74) is 3.55. The number of hydrogen-bond donors (Lipinski definition) is 0. The second kappa shape index (κ2) is 15.2. The van der Waals surface area contributed by atoms with Crippen molar-refractivity contribution in [3.63, 3.8) is 0 Å². The minimum atomic E-state index is 0.636. The Labute approximate surface area is 203 Å². The number of hydrogen-bond acceptors (Lipinski definition) is 3. The van der Waals surface area contributed by atoms with Crippen LogP contribution in [0.5, 0.6) is 0 Å². The van der Waals surface area contributed by atoms with Crippen LogP contribution in [0.2, 0.25) is 0 Å². The minimum Gasteiger partial charge on any atom is -0.260 e. The van der Waals surface area contributed by atoms with E-state index in [-0.39, 0.29) is 0 Å². The van der Waals surface area contributed by atoms with E-state index in [0.717, 1.165) is 23.7 Å². The SMILES string of the molecule is CCCCCCCCCCc1cnc(-c2ccc(C3CCC(CCCCC)CC3)nc2)nc1. The van der Waals surface area contributed by atoms with Crippen molar-refractivity contribution < 1.29 is 0 Å². The van der Waals surface area contributed by atoms with Gasteiger partial charge in [0.15, 0.2) is 5.82 Å². The van der Waals surface area contributed by atoms with E-state index >= 15 is 0 Å². The zero-order valence-corrected chi connectivity index (χ0v) is 21.4. The summed E-state index contributed by atoms with van der Waals surface area (Å²) < 4.78 is 0. The highest BCUT2D eigenvalue weighted by atomic mass is 14.9. The molecule has 2 heterocycles. The Morgan fingerprint density at radius 1 is 0.667 bits per heavy atom. The summed E-state index contributed by atoms with van der Waals surface area (Å²) in [5, 5.41) is 0. The highest BCUT2D eigenvalue weighted by Crippen LogP contribution is 2.37. The van der Waals surface area contributed by atoms with Gasteiger partial charge in [0, 0.05) is 35.8 Å². The molecule has 3 heteroatoms. The fraction of sp³-hybridized carbons (Fsp3) is 0.700. The van der Waals surface area contributed by atoms with E-state index < -0.39 is 0 Å². The first-order valence-electron chi connectivity index (χ1n) is 14.1. The van der Waals surface area contributed by atoms with Crippen LogP contribution in [0.25, 0.3) is 11.4 Å². The number of aromatic nitrogens is 3. The summed E-state index contributed by atoms with van der Waals surface area (Å²) in [4.78, 5) is 14.1. The van der Waals surface area contributed by atoms with Gasteiger partial charge in [-0.25, -0.2) is 9.97 Å². The maximum absolute atomic E-state index is 4.82. The zero-order chi connectivity index (χ0) is 23.1. The van der Waals surface area contributed by atoms with Crippen molar-refractivity contribution in [2.24, 2.45) is 5.92 Å². The monoisotopic (exact) mass is 449 g/mol. The Morgan fingerprint density at radius 3 is 1.94 bits per heavy atom. The van der Waals surface area contributed by atoms with Gasteiger partial charge in [-0.05, 0) is 62.1 Å². The van der Waals surface area contributed by atoms with Gasteiger partial charge >= 0.3 is 0 Å². The molecule has 0 saturated heterocycles. The molecule has 3 nitrogen and oxygen atoms in total. The lowest BCUT2D eigenvalue weighted by Crippen LogP contribution is -2.14. The molecule has 1 saturated carbocycles. The smallest absolute Gasteiger partial charge is 0.160 e. The van der Waals surface area contributed by atoms with Crippen molar-refractivity contribution in [1.29, 1.82) is 0 Å². The Kier molecular flexibility index (Phi) is 11.9. The van der Waals surface area contributed by atoms with Gasteiger partial charge in [-0.2, -0.15) is 0 Å². The first kappa shape index (κ1) is 25.8. The Balaban J connectivity index is 1.38. The summed E-state index contributed by atoms with van der Waals surface area (Å²) in [6, 6.07) is 4.39. The van der Waals surface area contributed by atoms with Gasteiger partial charge in [-0.1, -0.05) is 84.5 Å². The average molecular weight is 450 g/mol. The Bertz CT molecular complexity index is 745. The normalized spacial score (nSPS) is 18.5. The predicted octanol–water partition coefficient (Wildman–Crippen LogP) is 9.08. The van der Waals surface area contributed by atoms with Crippen molar-refractivity contribution in [2.45, 2.75) is 129 Å². The van der Waals surface area contributed by atoms with Crippen LogP contribution in [0.4, 0.5) is 0 Å². The van der Waals surface area contributed by atoms with Crippen molar-refractivity contribution in [3.05, 3.63) is 42.0 Å². The van der Waals surface area contributed by atoms with E-state index in [1.54, 1.807) is 0 Å². The van der Waals surface area contributed by atoms with Crippen molar-refractivity contribution in [3.8, 4) is 11.4 Å². The molecular weight excluding hydrogens is 402 g/mol. The first-order valence-corrected chi connectivity index (χ1v) is 14.1. The molecule has 182 valence electrons. The molecule has 0 aliphatic heterocycles. The van der Waals surface area contributed by atoms with Crippen LogP contribution in [-0.4, -0.2) is 15.0 Å². The third-order valence-electron chi connectivity index (χ3n) is 7.55. The van der Waals surface area contributed by atoms with Gasteiger partial charge in [0.05, 0.1) is 0 Å². The molecule has 1 fully saturated rings. The number of rotatable bonds is 15. The van der Waals surface area contributed by atoms with Gasteiger partial charge in [0.25, 0.3) is 0 Å². The molecule has 2 aromatic rings. The molecule has 0 aromatic carbocycles. The lowest BCUT2D eigenvalue weighted by molar-refractivity contribution is 0.300. The molecule has 0 N–H and O–H groups in total. The standard InChI is InChI=1S/C30H47N3/c1-3-5-7-8-9-10-11-13-15-26-22-32-30(33-23-26)28-20-21-29(31-24-28)27-18-16-25(17-19-27)14-12-6-4-2/h20-25,27H,3-19H2,1-2H3. The van der Waals surface area contributed by atoms with Crippen LogP contribution < -0.4 is 0 Å². The van der Waals surface area contributed by atoms with Crippen LogP contribution in [0, 0.1) is 5.92 Å². The molecule has 0 bridgehead atoms. The van der Waals surface area contributed by atoms with Crippen LogP contribution in [-0.2, 0) is 6.42 Å². The fourth-order valence-electron chi connectivity index (χ4n) is 5.30.